The molecule has 4 aromatic heterocycles. The van der Waals surface area contributed by atoms with Gasteiger partial charge in [0.1, 0.15) is 72.2 Å². The van der Waals surface area contributed by atoms with Crippen LogP contribution in [0.4, 0.5) is 22.7 Å². The molecule has 18 heteroatoms. The van der Waals surface area contributed by atoms with Gasteiger partial charge in [-0.05, 0) is 97.1 Å². The van der Waals surface area contributed by atoms with Gasteiger partial charge in [0.2, 0.25) is 0 Å². The normalized spacial score (nSPS) is 14.4. The maximum atomic E-state index is 13.8. The molecule has 376 valence electrons. The molecule has 12 bridgehead atoms. The van der Waals surface area contributed by atoms with Crippen molar-refractivity contribution in [1.82, 2.24) is 19.9 Å². The van der Waals surface area contributed by atoms with Crippen molar-refractivity contribution in [2.45, 2.75) is 25.7 Å². The quantitative estimate of drug-likeness (QED) is 0.0726. The lowest BCUT2D eigenvalue weighted by Crippen LogP contribution is -2.19. The lowest BCUT2D eigenvalue weighted by Gasteiger charge is -2.26. The third-order valence-electron chi connectivity index (χ3n) is 12.8. The average molecular weight is 997 g/mol. The zero-order valence-electron chi connectivity index (χ0n) is 40.1. The largest absolute Gasteiger partial charge is 0.491 e. The average Bonchev–Trinajstić information content (AvgIpc) is 4.24. The highest BCUT2D eigenvalue weighted by Crippen LogP contribution is 2.43. The number of carbonyl (C=O) groups is 4. The van der Waals surface area contributed by atoms with Gasteiger partial charge < -0.3 is 69.6 Å². The Labute approximate surface area is 424 Å². The summed E-state index contributed by atoms with van der Waals surface area (Å²) >= 11 is 0. The molecule has 3 aliphatic rings. The van der Waals surface area contributed by atoms with Crippen LogP contribution in [0.1, 0.15) is 86.5 Å². The molecule has 0 saturated heterocycles. The molecule has 0 saturated carbocycles. The van der Waals surface area contributed by atoms with Crippen molar-refractivity contribution in [2.24, 2.45) is 0 Å². The molecule has 0 fully saturated rings. The predicted molar refractivity (Wildman–Crippen MR) is 276 cm³/mol. The van der Waals surface area contributed by atoms with Crippen LogP contribution in [0.15, 0.2) is 122 Å². The first-order valence-electron chi connectivity index (χ1n) is 24.4. The fourth-order valence-electron chi connectivity index (χ4n) is 9.61. The number of anilines is 4. The Balaban J connectivity index is 1.17. The zero-order chi connectivity index (χ0) is 50.4. The molecule has 0 spiro atoms. The second kappa shape index (κ2) is 21.4. The minimum atomic E-state index is -0.352. The van der Waals surface area contributed by atoms with Gasteiger partial charge >= 0.3 is 0 Å². The molecule has 4 aromatic carbocycles. The standard InChI is InChI=1S/C56H52N8O10/c65-53(45-5-1-9-57-45)61-41-25-33-21-34-26-42(62-54(66)46-6-2-10-58-46)31-39-24-40-32-44(64-56(68)48-8-4-12-60-48)28-36-22-35-27-43(63-55(67)47-7-3-11-59-47)30-38(51(35)73-19-15-70-16-20-74-52(36)40)23-37(29-41)49(33)71-17-13-69-14-18-72-50(34)39/h1-12,25-32,57-60H,13-24H2,(H,61,65)(H,62,66)(H,63,67)(H,64,68). The molecule has 18 nitrogen and oxygen atoms in total. The van der Waals surface area contributed by atoms with Crippen LogP contribution in [-0.2, 0) is 35.2 Å². The number of benzene rings is 4. The SMILES string of the molecule is O=C(Nc1cc2c3c(c1)Cc1cc(NC(=O)c4ccc[nH]4)cc4c1OCCOCCOc1c(cc(NC(=O)c5ccc[nH]5)cc1Cc1cc(NC(=O)c5ccc[nH]5)cc(c1OCCOCCO3)C2)C4)c1ccc[nH]1. The number of ether oxygens (including phenoxy) is 6. The van der Waals surface area contributed by atoms with E-state index in [2.05, 4.69) is 41.2 Å². The van der Waals surface area contributed by atoms with Gasteiger partial charge in [-0.1, -0.05) is 0 Å². The predicted octanol–water partition coefficient (Wildman–Crippen LogP) is 8.26. The first-order valence-corrected chi connectivity index (χ1v) is 24.4. The van der Waals surface area contributed by atoms with Crippen molar-refractivity contribution in [1.29, 1.82) is 0 Å². The summed E-state index contributed by atoms with van der Waals surface area (Å²) < 4.78 is 39.3. The van der Waals surface area contributed by atoms with Crippen LogP contribution in [0, 0.1) is 0 Å². The summed E-state index contributed by atoms with van der Waals surface area (Å²) in [5.41, 5.74) is 8.98. The van der Waals surface area contributed by atoms with Gasteiger partial charge in [-0.15, -0.1) is 0 Å². The lowest BCUT2D eigenvalue weighted by molar-refractivity contribution is 0.0744. The monoisotopic (exact) mass is 996 g/mol. The maximum Gasteiger partial charge on any atom is 0.272 e. The van der Waals surface area contributed by atoms with Crippen LogP contribution in [0.2, 0.25) is 0 Å². The number of aromatic amines is 4. The molecule has 0 radical (unpaired) electrons. The van der Waals surface area contributed by atoms with E-state index in [1.54, 1.807) is 73.3 Å². The van der Waals surface area contributed by atoms with E-state index in [-0.39, 0.29) is 102 Å². The molecule has 8 aromatic rings. The summed E-state index contributed by atoms with van der Waals surface area (Å²) in [6.07, 6.45) is 7.54. The van der Waals surface area contributed by atoms with Crippen molar-refractivity contribution >= 4 is 46.4 Å². The summed E-state index contributed by atoms with van der Waals surface area (Å²) in [5.74, 6) is 0.767. The van der Waals surface area contributed by atoms with Gasteiger partial charge in [0, 0.05) is 118 Å². The fraction of sp³-hybridized carbons (Fsp3) is 0.214. The van der Waals surface area contributed by atoms with E-state index in [4.69, 9.17) is 28.4 Å². The van der Waals surface area contributed by atoms with Gasteiger partial charge in [0.25, 0.3) is 23.6 Å². The number of hydrogen-bond donors (Lipinski definition) is 8. The summed E-state index contributed by atoms with van der Waals surface area (Å²) in [7, 11) is 0. The molecule has 0 atom stereocenters. The minimum absolute atomic E-state index is 0.187. The van der Waals surface area contributed by atoms with Gasteiger partial charge in [0.15, 0.2) is 0 Å². The smallest absolute Gasteiger partial charge is 0.272 e. The molecular formula is C56H52N8O10. The van der Waals surface area contributed by atoms with Gasteiger partial charge in [-0.25, -0.2) is 0 Å². The Bertz CT molecular complexity index is 2890. The summed E-state index contributed by atoms with van der Waals surface area (Å²) in [6, 6.07) is 28.9. The Morgan fingerprint density at radius 2 is 0.541 bits per heavy atom. The lowest BCUT2D eigenvalue weighted by atomic mass is 9.90. The highest BCUT2D eigenvalue weighted by Gasteiger charge is 2.27. The van der Waals surface area contributed by atoms with E-state index in [0.717, 1.165) is 0 Å². The summed E-state index contributed by atoms with van der Waals surface area (Å²) in [6.45, 7) is 1.77. The topological polar surface area (TPSA) is 235 Å². The van der Waals surface area contributed by atoms with Crippen molar-refractivity contribution in [2.75, 3.05) is 74.1 Å². The third-order valence-corrected chi connectivity index (χ3v) is 12.8. The molecular weight excluding hydrogens is 945 g/mol. The highest BCUT2D eigenvalue weighted by molar-refractivity contribution is 6.05. The van der Waals surface area contributed by atoms with E-state index in [1.807, 2.05) is 48.5 Å². The Kier molecular flexibility index (Phi) is 13.7. The van der Waals surface area contributed by atoms with Crippen LogP contribution in [0.3, 0.4) is 0 Å². The molecule has 2 aliphatic heterocycles. The van der Waals surface area contributed by atoms with Crippen LogP contribution < -0.4 is 40.2 Å². The van der Waals surface area contributed by atoms with Gasteiger partial charge in [-0.3, -0.25) is 19.2 Å². The van der Waals surface area contributed by atoms with Crippen LogP contribution in [0.25, 0.3) is 0 Å². The van der Waals surface area contributed by atoms with Crippen molar-refractivity contribution < 1.29 is 47.6 Å². The number of amides is 4. The Morgan fingerprint density at radius 3 is 0.730 bits per heavy atom. The first kappa shape index (κ1) is 47.3. The van der Waals surface area contributed by atoms with Crippen LogP contribution >= 0.6 is 0 Å². The number of hydrogen-bond acceptors (Lipinski definition) is 10. The molecule has 0 unspecified atom stereocenters. The zero-order valence-corrected chi connectivity index (χ0v) is 40.1. The van der Waals surface area contributed by atoms with E-state index >= 15 is 0 Å². The summed E-state index contributed by atoms with van der Waals surface area (Å²) in [4.78, 5) is 67.3. The van der Waals surface area contributed by atoms with Crippen molar-refractivity contribution in [3.05, 3.63) is 189 Å². The van der Waals surface area contributed by atoms with E-state index < -0.39 is 0 Å². The number of H-pyrrole nitrogens is 4. The van der Waals surface area contributed by atoms with E-state index in [0.29, 0.717) is 113 Å². The van der Waals surface area contributed by atoms with Crippen LogP contribution in [-0.4, -0.2) is 96.4 Å². The molecule has 74 heavy (non-hydrogen) atoms. The Hall–Kier alpha value is -9.00. The third kappa shape index (κ3) is 10.6. The number of aromatic nitrogens is 4. The molecule has 11 rings (SSSR count). The Morgan fingerprint density at radius 1 is 0.324 bits per heavy atom. The number of nitrogens with one attached hydrogen (secondary N) is 8. The highest BCUT2D eigenvalue weighted by atomic mass is 16.6. The maximum absolute atomic E-state index is 13.8. The van der Waals surface area contributed by atoms with E-state index in [9.17, 15) is 19.2 Å². The van der Waals surface area contributed by atoms with Gasteiger partial charge in [-0.2, -0.15) is 0 Å². The molecule has 4 amide bonds. The summed E-state index contributed by atoms with van der Waals surface area (Å²) in [5, 5.41) is 12.4. The van der Waals surface area contributed by atoms with Crippen molar-refractivity contribution in [3.8, 4) is 23.0 Å². The van der Waals surface area contributed by atoms with Crippen molar-refractivity contribution in [3.63, 3.8) is 0 Å². The molecule has 8 N–H and O–H groups in total. The molecule has 1 aliphatic carbocycles. The minimum Gasteiger partial charge on any atom is -0.491 e. The fourth-order valence-corrected chi connectivity index (χ4v) is 9.61. The molecule has 6 heterocycles. The second-order valence-electron chi connectivity index (χ2n) is 18.0. The van der Waals surface area contributed by atoms with E-state index in [1.165, 1.54) is 0 Å². The van der Waals surface area contributed by atoms with Gasteiger partial charge in [0.05, 0.1) is 26.4 Å². The van der Waals surface area contributed by atoms with Crippen LogP contribution in [0.5, 0.6) is 23.0 Å². The number of rotatable bonds is 8. The number of carbonyl (C=O) groups excluding carboxylic acids is 4. The second-order valence-corrected chi connectivity index (χ2v) is 18.0. The first-order chi connectivity index (χ1) is 36.3.